The minimum absolute atomic E-state index is 0.914. The molecule has 1 N–H and O–H groups in total. The monoisotopic (exact) mass is 199 g/mol. The molecule has 0 radical (unpaired) electrons. The molecular formula is C12H13N3. The second-order valence-electron chi connectivity index (χ2n) is 3.86. The second kappa shape index (κ2) is 3.51. The number of aromatic nitrogens is 2. The summed E-state index contributed by atoms with van der Waals surface area (Å²) >= 11 is 0. The van der Waals surface area contributed by atoms with Crippen molar-refractivity contribution in [3.8, 4) is 0 Å². The molecule has 3 rings (SSSR count). The summed E-state index contributed by atoms with van der Waals surface area (Å²) < 4.78 is 2.23. The third-order valence-corrected chi connectivity index (χ3v) is 2.81. The Morgan fingerprint density at radius 2 is 2.07 bits per heavy atom. The van der Waals surface area contributed by atoms with Gasteiger partial charge in [0.15, 0.2) is 0 Å². The zero-order chi connectivity index (χ0) is 10.1. The lowest BCUT2D eigenvalue weighted by Gasteiger charge is -2.05. The lowest BCUT2D eigenvalue weighted by Crippen LogP contribution is -2.07. The van der Waals surface area contributed by atoms with Gasteiger partial charge in [-0.25, -0.2) is 4.98 Å². The lowest BCUT2D eigenvalue weighted by atomic mass is 10.2. The third-order valence-electron chi connectivity index (χ3n) is 2.81. The number of fused-ring (bicyclic) bond motifs is 1. The Bertz CT molecular complexity index is 459. The van der Waals surface area contributed by atoms with Gasteiger partial charge in [-0.2, -0.15) is 0 Å². The van der Waals surface area contributed by atoms with Crippen molar-refractivity contribution >= 4 is 0 Å². The molecule has 0 fully saturated rings. The first-order valence-corrected chi connectivity index (χ1v) is 5.21. The molecule has 0 bridgehead atoms. The molecule has 3 heteroatoms. The number of benzene rings is 1. The van der Waals surface area contributed by atoms with E-state index in [9.17, 15) is 0 Å². The summed E-state index contributed by atoms with van der Waals surface area (Å²) in [6.07, 6.45) is 1.94. The lowest BCUT2D eigenvalue weighted by molar-refractivity contribution is 0.685. The molecular weight excluding hydrogens is 186 g/mol. The van der Waals surface area contributed by atoms with Gasteiger partial charge in [0, 0.05) is 19.6 Å². The van der Waals surface area contributed by atoms with Crippen LogP contribution in [0.4, 0.5) is 0 Å². The highest BCUT2D eigenvalue weighted by atomic mass is 15.1. The van der Waals surface area contributed by atoms with E-state index in [4.69, 9.17) is 0 Å². The molecule has 76 valence electrons. The SMILES string of the molecule is c1ccc(Cn2cnc3c2CNC3)cc1. The van der Waals surface area contributed by atoms with E-state index in [2.05, 4.69) is 39.1 Å². The fourth-order valence-corrected chi connectivity index (χ4v) is 2.02. The first-order chi connectivity index (χ1) is 7.43. The van der Waals surface area contributed by atoms with Crippen molar-refractivity contribution in [3.63, 3.8) is 0 Å². The molecule has 3 nitrogen and oxygen atoms in total. The van der Waals surface area contributed by atoms with Crippen molar-refractivity contribution in [2.45, 2.75) is 19.6 Å². The Balaban J connectivity index is 1.89. The summed E-state index contributed by atoms with van der Waals surface area (Å²) in [5.74, 6) is 0. The van der Waals surface area contributed by atoms with Crippen LogP contribution in [0.15, 0.2) is 36.7 Å². The molecule has 1 aromatic heterocycles. The molecule has 0 atom stereocenters. The summed E-state index contributed by atoms with van der Waals surface area (Å²) in [5.41, 5.74) is 3.86. The Labute approximate surface area is 88.8 Å². The summed E-state index contributed by atoms with van der Waals surface area (Å²) in [5, 5.41) is 3.31. The van der Waals surface area contributed by atoms with Gasteiger partial charge in [-0.1, -0.05) is 30.3 Å². The van der Waals surface area contributed by atoms with Gasteiger partial charge in [0.25, 0.3) is 0 Å². The van der Waals surface area contributed by atoms with Crippen LogP contribution in [-0.4, -0.2) is 9.55 Å². The smallest absolute Gasteiger partial charge is 0.0955 e. The van der Waals surface area contributed by atoms with E-state index in [0.29, 0.717) is 0 Å². The molecule has 0 saturated carbocycles. The summed E-state index contributed by atoms with van der Waals surface area (Å²) in [7, 11) is 0. The van der Waals surface area contributed by atoms with Gasteiger partial charge in [0.1, 0.15) is 0 Å². The zero-order valence-electron chi connectivity index (χ0n) is 8.48. The Morgan fingerprint density at radius 1 is 1.20 bits per heavy atom. The fourth-order valence-electron chi connectivity index (χ4n) is 2.02. The number of hydrogen-bond donors (Lipinski definition) is 1. The first-order valence-electron chi connectivity index (χ1n) is 5.21. The highest BCUT2D eigenvalue weighted by Gasteiger charge is 2.15. The molecule has 0 amide bonds. The van der Waals surface area contributed by atoms with Crippen molar-refractivity contribution in [1.29, 1.82) is 0 Å². The topological polar surface area (TPSA) is 29.9 Å². The van der Waals surface area contributed by atoms with Crippen LogP contribution in [0.3, 0.4) is 0 Å². The van der Waals surface area contributed by atoms with E-state index in [-0.39, 0.29) is 0 Å². The molecule has 15 heavy (non-hydrogen) atoms. The Kier molecular flexibility index (Phi) is 2.03. The van der Waals surface area contributed by atoms with Crippen LogP contribution in [0.1, 0.15) is 17.0 Å². The van der Waals surface area contributed by atoms with Crippen LogP contribution in [-0.2, 0) is 19.6 Å². The van der Waals surface area contributed by atoms with Gasteiger partial charge in [-0.3, -0.25) is 0 Å². The van der Waals surface area contributed by atoms with Crippen molar-refractivity contribution in [2.75, 3.05) is 0 Å². The highest BCUT2D eigenvalue weighted by molar-refractivity contribution is 5.21. The molecule has 0 saturated heterocycles. The molecule has 1 aliphatic heterocycles. The van der Waals surface area contributed by atoms with Gasteiger partial charge in [0.2, 0.25) is 0 Å². The van der Waals surface area contributed by atoms with Gasteiger partial charge in [-0.05, 0) is 5.56 Å². The van der Waals surface area contributed by atoms with E-state index in [1.165, 1.54) is 17.0 Å². The molecule has 2 heterocycles. The van der Waals surface area contributed by atoms with Crippen LogP contribution < -0.4 is 5.32 Å². The van der Waals surface area contributed by atoms with E-state index >= 15 is 0 Å². The van der Waals surface area contributed by atoms with Gasteiger partial charge >= 0.3 is 0 Å². The van der Waals surface area contributed by atoms with E-state index in [1.54, 1.807) is 0 Å². The predicted octanol–water partition coefficient (Wildman–Crippen LogP) is 1.53. The van der Waals surface area contributed by atoms with E-state index in [0.717, 1.165) is 19.6 Å². The van der Waals surface area contributed by atoms with E-state index in [1.807, 2.05) is 12.4 Å². The Morgan fingerprint density at radius 3 is 2.93 bits per heavy atom. The maximum Gasteiger partial charge on any atom is 0.0955 e. The highest BCUT2D eigenvalue weighted by Crippen LogP contribution is 2.14. The third kappa shape index (κ3) is 1.55. The maximum absolute atomic E-state index is 4.39. The van der Waals surface area contributed by atoms with Gasteiger partial charge in [-0.15, -0.1) is 0 Å². The normalized spacial score (nSPS) is 14.1. The number of nitrogens with one attached hydrogen (secondary N) is 1. The van der Waals surface area contributed by atoms with Crippen molar-refractivity contribution in [2.24, 2.45) is 0 Å². The Hall–Kier alpha value is -1.61. The summed E-state index contributed by atoms with van der Waals surface area (Å²) in [4.78, 5) is 4.39. The van der Waals surface area contributed by atoms with Crippen LogP contribution in [0, 0.1) is 0 Å². The first kappa shape index (κ1) is 8.68. The van der Waals surface area contributed by atoms with Crippen molar-refractivity contribution < 1.29 is 0 Å². The largest absolute Gasteiger partial charge is 0.329 e. The molecule has 1 aromatic carbocycles. The molecule has 0 spiro atoms. The quantitative estimate of drug-likeness (QED) is 0.795. The van der Waals surface area contributed by atoms with Gasteiger partial charge in [0.05, 0.1) is 17.7 Å². The summed E-state index contributed by atoms with van der Waals surface area (Å²) in [6, 6.07) is 10.5. The maximum atomic E-state index is 4.39. The van der Waals surface area contributed by atoms with Gasteiger partial charge < -0.3 is 9.88 Å². The molecule has 0 unspecified atom stereocenters. The van der Waals surface area contributed by atoms with Crippen LogP contribution in [0.5, 0.6) is 0 Å². The minimum Gasteiger partial charge on any atom is -0.329 e. The number of hydrogen-bond acceptors (Lipinski definition) is 2. The van der Waals surface area contributed by atoms with Crippen LogP contribution in [0.25, 0.3) is 0 Å². The number of imidazole rings is 1. The van der Waals surface area contributed by atoms with Crippen LogP contribution in [0.2, 0.25) is 0 Å². The molecule has 1 aliphatic rings. The predicted molar refractivity (Wildman–Crippen MR) is 58.3 cm³/mol. The zero-order valence-corrected chi connectivity index (χ0v) is 8.48. The molecule has 0 aliphatic carbocycles. The van der Waals surface area contributed by atoms with Crippen LogP contribution >= 0.6 is 0 Å². The molecule has 2 aromatic rings. The number of rotatable bonds is 2. The number of nitrogens with zero attached hydrogens (tertiary/aromatic N) is 2. The minimum atomic E-state index is 0.914. The van der Waals surface area contributed by atoms with Crippen molar-refractivity contribution in [1.82, 2.24) is 14.9 Å². The second-order valence-corrected chi connectivity index (χ2v) is 3.86. The fraction of sp³-hybridized carbons (Fsp3) is 0.250. The van der Waals surface area contributed by atoms with Crippen molar-refractivity contribution in [3.05, 3.63) is 53.6 Å². The average molecular weight is 199 g/mol. The van der Waals surface area contributed by atoms with E-state index < -0.39 is 0 Å². The standard InChI is InChI=1S/C12H13N3/c1-2-4-10(5-3-1)8-15-9-14-11-6-13-7-12(11)15/h1-5,9,13H,6-8H2. The average Bonchev–Trinajstić information content (AvgIpc) is 2.85. The summed E-state index contributed by atoms with van der Waals surface area (Å²) in [6.45, 7) is 2.78.